The number of carbonyl (C=O) groups is 2. The zero-order chi connectivity index (χ0) is 14.8. The Morgan fingerprint density at radius 2 is 2.00 bits per heavy atom. The number of benzene rings is 1. The Kier molecular flexibility index (Phi) is 6.62. The Hall–Kier alpha value is -2.55. The number of ether oxygens (including phenoxy) is 2. The summed E-state index contributed by atoms with van der Waals surface area (Å²) in [6.07, 6.45) is 0.320. The molecule has 0 saturated heterocycles. The number of nitriles is 1. The second-order valence-corrected chi connectivity index (χ2v) is 3.94. The molecule has 0 radical (unpaired) electrons. The van der Waals surface area contributed by atoms with Crippen molar-refractivity contribution in [2.75, 3.05) is 20.3 Å². The smallest absolute Gasteiger partial charge is 0.310 e. The van der Waals surface area contributed by atoms with E-state index in [9.17, 15) is 9.59 Å². The number of carbonyl (C=O) groups excluding carboxylic acids is 2. The van der Waals surface area contributed by atoms with Crippen LogP contribution in [-0.4, -0.2) is 32.1 Å². The lowest BCUT2D eigenvalue weighted by Gasteiger charge is -2.06. The maximum Gasteiger partial charge on any atom is 0.310 e. The molecule has 0 aromatic heterocycles. The van der Waals surface area contributed by atoms with Crippen LogP contribution < -0.4 is 10.1 Å². The number of nitrogens with one attached hydrogen (secondary N) is 1. The van der Waals surface area contributed by atoms with Gasteiger partial charge in [-0.05, 0) is 17.7 Å². The molecule has 0 spiro atoms. The molecule has 106 valence electrons. The van der Waals surface area contributed by atoms with E-state index in [-0.39, 0.29) is 26.0 Å². The van der Waals surface area contributed by atoms with Gasteiger partial charge in [0.1, 0.15) is 5.75 Å². The third-order valence-electron chi connectivity index (χ3n) is 2.43. The molecule has 20 heavy (non-hydrogen) atoms. The van der Waals surface area contributed by atoms with Crippen molar-refractivity contribution in [3.05, 3.63) is 29.8 Å². The summed E-state index contributed by atoms with van der Waals surface area (Å²) >= 11 is 0. The summed E-state index contributed by atoms with van der Waals surface area (Å²) in [6, 6.07) is 8.91. The quantitative estimate of drug-likeness (QED) is 0.588. The van der Waals surface area contributed by atoms with Crippen molar-refractivity contribution in [3.8, 4) is 11.8 Å². The predicted octanol–water partition coefficient (Wildman–Crippen LogP) is 0.811. The van der Waals surface area contributed by atoms with Gasteiger partial charge in [0.15, 0.2) is 6.61 Å². The highest BCUT2D eigenvalue weighted by Gasteiger charge is 2.08. The first-order chi connectivity index (χ1) is 9.65. The summed E-state index contributed by atoms with van der Waals surface area (Å²) in [5.74, 6) is -0.187. The van der Waals surface area contributed by atoms with Crippen LogP contribution in [0.25, 0.3) is 0 Å². The van der Waals surface area contributed by atoms with Gasteiger partial charge in [0, 0.05) is 6.54 Å². The molecule has 0 aliphatic carbocycles. The number of rotatable bonds is 7. The van der Waals surface area contributed by atoms with Crippen molar-refractivity contribution in [1.82, 2.24) is 5.32 Å². The molecule has 1 aromatic rings. The number of methoxy groups -OCH3 is 1. The molecule has 0 heterocycles. The fourth-order valence-electron chi connectivity index (χ4n) is 1.42. The van der Waals surface area contributed by atoms with Crippen LogP contribution in [0.1, 0.15) is 12.0 Å². The van der Waals surface area contributed by atoms with Crippen molar-refractivity contribution in [2.45, 2.75) is 12.8 Å². The lowest BCUT2D eigenvalue weighted by Crippen LogP contribution is -2.29. The van der Waals surface area contributed by atoms with Crippen molar-refractivity contribution in [1.29, 1.82) is 5.26 Å². The second kappa shape index (κ2) is 8.53. The van der Waals surface area contributed by atoms with Gasteiger partial charge in [-0.25, -0.2) is 0 Å². The monoisotopic (exact) mass is 276 g/mol. The van der Waals surface area contributed by atoms with Crippen molar-refractivity contribution < 1.29 is 19.1 Å². The van der Waals surface area contributed by atoms with E-state index in [4.69, 9.17) is 14.7 Å². The summed E-state index contributed by atoms with van der Waals surface area (Å²) < 4.78 is 9.84. The van der Waals surface area contributed by atoms with E-state index in [0.29, 0.717) is 5.75 Å². The number of nitrogens with zero attached hydrogens (tertiary/aromatic N) is 1. The molecule has 0 aliphatic rings. The molecule has 0 aliphatic heterocycles. The average molecular weight is 276 g/mol. The largest absolute Gasteiger partial charge is 0.497 e. The highest BCUT2D eigenvalue weighted by atomic mass is 16.5. The van der Waals surface area contributed by atoms with Crippen LogP contribution in [-0.2, 0) is 20.7 Å². The molecule has 6 nitrogen and oxygen atoms in total. The first kappa shape index (κ1) is 15.5. The van der Waals surface area contributed by atoms with Crippen LogP contribution >= 0.6 is 0 Å². The third-order valence-corrected chi connectivity index (χ3v) is 2.43. The molecule has 1 rings (SSSR count). The number of esters is 1. The maximum atomic E-state index is 11.5. The molecule has 0 saturated carbocycles. The summed E-state index contributed by atoms with van der Waals surface area (Å²) in [5, 5.41) is 10.8. The zero-order valence-electron chi connectivity index (χ0n) is 11.2. The van der Waals surface area contributed by atoms with E-state index in [0.717, 1.165) is 5.56 Å². The maximum absolute atomic E-state index is 11.5. The van der Waals surface area contributed by atoms with E-state index in [1.807, 2.05) is 6.07 Å². The predicted molar refractivity (Wildman–Crippen MR) is 70.9 cm³/mol. The van der Waals surface area contributed by atoms with E-state index >= 15 is 0 Å². The molecular formula is C14H16N2O4. The second-order valence-electron chi connectivity index (χ2n) is 3.94. The third kappa shape index (κ3) is 5.87. The molecule has 0 bridgehead atoms. The lowest BCUT2D eigenvalue weighted by atomic mass is 10.1. The van der Waals surface area contributed by atoms with E-state index in [2.05, 4.69) is 5.32 Å². The van der Waals surface area contributed by atoms with Crippen LogP contribution in [0.4, 0.5) is 0 Å². The van der Waals surface area contributed by atoms with Crippen LogP contribution in [0.5, 0.6) is 5.75 Å². The summed E-state index contributed by atoms with van der Waals surface area (Å²) in [4.78, 5) is 22.8. The zero-order valence-corrected chi connectivity index (χ0v) is 11.2. The standard InChI is InChI=1S/C14H16N2O4/c1-19-12-5-3-11(4-6-12)9-14(18)20-10-13(17)16-8-2-7-15/h3-6H,2,8-10H2,1H3,(H,16,17). The van der Waals surface area contributed by atoms with Crippen LogP contribution in [0.15, 0.2) is 24.3 Å². The van der Waals surface area contributed by atoms with Gasteiger partial charge in [0.25, 0.3) is 5.91 Å². The highest BCUT2D eigenvalue weighted by molar-refractivity contribution is 5.81. The minimum absolute atomic E-state index is 0.0927. The van der Waals surface area contributed by atoms with E-state index in [1.54, 1.807) is 31.4 Å². The van der Waals surface area contributed by atoms with Gasteiger partial charge in [0.2, 0.25) is 0 Å². The minimum atomic E-state index is -0.481. The summed E-state index contributed by atoms with van der Waals surface area (Å²) in [6.45, 7) is -0.0776. The number of hydrogen-bond donors (Lipinski definition) is 1. The Labute approximate surface area is 117 Å². The van der Waals surface area contributed by atoms with Gasteiger partial charge in [-0.1, -0.05) is 12.1 Å². The molecule has 1 aromatic carbocycles. The summed E-state index contributed by atoms with van der Waals surface area (Å²) in [7, 11) is 1.56. The van der Waals surface area contributed by atoms with E-state index < -0.39 is 11.9 Å². The van der Waals surface area contributed by atoms with Crippen molar-refractivity contribution in [3.63, 3.8) is 0 Å². The molecule has 0 unspecified atom stereocenters. The Bertz CT molecular complexity index is 491. The van der Waals surface area contributed by atoms with Crippen LogP contribution in [0, 0.1) is 11.3 Å². The fourth-order valence-corrected chi connectivity index (χ4v) is 1.42. The van der Waals surface area contributed by atoms with Crippen molar-refractivity contribution in [2.24, 2.45) is 0 Å². The Morgan fingerprint density at radius 3 is 2.60 bits per heavy atom. The van der Waals surface area contributed by atoms with Gasteiger partial charge >= 0.3 is 5.97 Å². The number of hydrogen-bond acceptors (Lipinski definition) is 5. The Balaban J connectivity index is 2.29. The van der Waals surface area contributed by atoms with Gasteiger partial charge in [0.05, 0.1) is 26.0 Å². The van der Waals surface area contributed by atoms with Gasteiger partial charge in [-0.15, -0.1) is 0 Å². The molecule has 6 heteroatoms. The summed E-state index contributed by atoms with van der Waals surface area (Å²) in [5.41, 5.74) is 0.778. The average Bonchev–Trinajstić information content (AvgIpc) is 2.46. The van der Waals surface area contributed by atoms with Crippen LogP contribution in [0.3, 0.4) is 0 Å². The fraction of sp³-hybridized carbons (Fsp3) is 0.357. The molecule has 1 N–H and O–H groups in total. The van der Waals surface area contributed by atoms with Gasteiger partial charge < -0.3 is 14.8 Å². The van der Waals surface area contributed by atoms with Crippen molar-refractivity contribution >= 4 is 11.9 Å². The highest BCUT2D eigenvalue weighted by Crippen LogP contribution is 2.11. The van der Waals surface area contributed by atoms with Gasteiger partial charge in [-0.2, -0.15) is 5.26 Å². The minimum Gasteiger partial charge on any atom is -0.497 e. The first-order valence-electron chi connectivity index (χ1n) is 6.08. The lowest BCUT2D eigenvalue weighted by molar-refractivity contribution is -0.147. The number of amides is 1. The van der Waals surface area contributed by atoms with E-state index in [1.165, 1.54) is 0 Å². The SMILES string of the molecule is COc1ccc(CC(=O)OCC(=O)NCCC#N)cc1. The molecule has 0 atom stereocenters. The molecule has 1 amide bonds. The Morgan fingerprint density at radius 1 is 1.30 bits per heavy atom. The molecule has 0 fully saturated rings. The van der Waals surface area contributed by atoms with Gasteiger partial charge in [-0.3, -0.25) is 9.59 Å². The molecular weight excluding hydrogens is 260 g/mol. The first-order valence-corrected chi connectivity index (χ1v) is 6.08. The van der Waals surface area contributed by atoms with Crippen LogP contribution in [0.2, 0.25) is 0 Å². The topological polar surface area (TPSA) is 88.4 Å². The normalized spacial score (nSPS) is 9.40.